The molecule has 0 aliphatic rings. The molecule has 120 valence electrons. The van der Waals surface area contributed by atoms with Crippen molar-refractivity contribution in [3.8, 4) is 0 Å². The quantitative estimate of drug-likeness (QED) is 0.741. The third-order valence-electron chi connectivity index (χ3n) is 2.44. The molecule has 0 aliphatic heterocycles. The number of halogens is 1. The van der Waals surface area contributed by atoms with Gasteiger partial charge in [0.25, 0.3) is 0 Å². The van der Waals surface area contributed by atoms with Gasteiger partial charge in [0.15, 0.2) is 4.34 Å². The molecule has 1 aromatic carbocycles. The van der Waals surface area contributed by atoms with E-state index in [-0.39, 0.29) is 10.9 Å². The lowest BCUT2D eigenvalue weighted by molar-refractivity contribution is 0.600. The van der Waals surface area contributed by atoms with Crippen molar-refractivity contribution >= 4 is 49.9 Å². The first-order valence-corrected chi connectivity index (χ1v) is 10.4. The highest BCUT2D eigenvalue weighted by Crippen LogP contribution is 2.27. The zero-order valence-electron chi connectivity index (χ0n) is 12.1. The molecule has 0 atom stereocenters. The zero-order valence-corrected chi connectivity index (χ0v) is 15.3. The van der Waals surface area contributed by atoms with E-state index in [0.29, 0.717) is 16.5 Å². The van der Waals surface area contributed by atoms with E-state index < -0.39 is 10.0 Å². The average Bonchev–Trinajstić information content (AvgIpc) is 2.82. The number of anilines is 1. The van der Waals surface area contributed by atoms with Crippen molar-refractivity contribution in [3.63, 3.8) is 0 Å². The number of hydrogen-bond acceptors (Lipinski definition) is 6. The number of nitrogens with one attached hydrogen (secondary N) is 1. The topological polar surface area (TPSA) is 72.0 Å². The van der Waals surface area contributed by atoms with Gasteiger partial charge in [0.05, 0.1) is 5.75 Å². The molecule has 9 heteroatoms. The van der Waals surface area contributed by atoms with Crippen LogP contribution in [0, 0.1) is 5.92 Å². The van der Waals surface area contributed by atoms with E-state index in [1.54, 1.807) is 36.0 Å². The fraction of sp³-hybridized carbons (Fsp3) is 0.385. The highest BCUT2D eigenvalue weighted by Gasteiger charge is 2.15. The van der Waals surface area contributed by atoms with E-state index >= 15 is 0 Å². The van der Waals surface area contributed by atoms with Crippen LogP contribution in [0.1, 0.15) is 19.4 Å². The molecular formula is C13H16ClN3O2S3. The standard InChI is InChI=1S/C13H16ClN3O2S3/c1-9(2)7-20-13-16-15-12(21-13)17-22(18,19)8-10-4-3-5-11(14)6-10/h3-6,9H,7-8H2,1-2H3,(H,15,17). The highest BCUT2D eigenvalue weighted by atomic mass is 35.5. The zero-order chi connectivity index (χ0) is 16.2. The molecular weight excluding hydrogens is 362 g/mol. The van der Waals surface area contributed by atoms with Crippen LogP contribution in [0.3, 0.4) is 0 Å². The van der Waals surface area contributed by atoms with Gasteiger partial charge >= 0.3 is 0 Å². The van der Waals surface area contributed by atoms with Gasteiger partial charge in [-0.1, -0.05) is 60.7 Å². The molecule has 2 rings (SSSR count). The van der Waals surface area contributed by atoms with Crippen molar-refractivity contribution in [2.24, 2.45) is 5.92 Å². The Morgan fingerprint density at radius 1 is 1.36 bits per heavy atom. The third kappa shape index (κ3) is 5.75. The van der Waals surface area contributed by atoms with Gasteiger partial charge < -0.3 is 0 Å². The number of thioether (sulfide) groups is 1. The molecule has 0 aliphatic carbocycles. The average molecular weight is 378 g/mol. The van der Waals surface area contributed by atoms with Crippen LogP contribution in [0.2, 0.25) is 5.02 Å². The molecule has 1 aromatic heterocycles. The predicted molar refractivity (Wildman–Crippen MR) is 93.2 cm³/mol. The van der Waals surface area contributed by atoms with E-state index in [4.69, 9.17) is 11.6 Å². The fourth-order valence-corrected chi connectivity index (χ4v) is 4.90. The van der Waals surface area contributed by atoms with E-state index in [1.807, 2.05) is 0 Å². The molecule has 1 heterocycles. The number of rotatable bonds is 7. The van der Waals surface area contributed by atoms with Gasteiger partial charge in [0.2, 0.25) is 15.2 Å². The van der Waals surface area contributed by atoms with E-state index in [1.165, 1.54) is 11.3 Å². The third-order valence-corrected chi connectivity index (χ3v) is 6.42. The smallest absolute Gasteiger partial charge is 0.238 e. The maximum atomic E-state index is 12.1. The van der Waals surface area contributed by atoms with Crippen molar-refractivity contribution < 1.29 is 8.42 Å². The van der Waals surface area contributed by atoms with Crippen LogP contribution >= 0.6 is 34.7 Å². The molecule has 22 heavy (non-hydrogen) atoms. The Bertz CT molecular complexity index is 732. The van der Waals surface area contributed by atoms with Crippen molar-refractivity contribution in [1.82, 2.24) is 10.2 Å². The molecule has 0 amide bonds. The number of benzene rings is 1. The predicted octanol–water partition coefficient (Wildman–Crippen LogP) is 3.88. The number of hydrogen-bond donors (Lipinski definition) is 1. The van der Waals surface area contributed by atoms with E-state index in [0.717, 1.165) is 10.1 Å². The second-order valence-electron chi connectivity index (χ2n) is 5.07. The number of sulfonamides is 1. The van der Waals surface area contributed by atoms with Gasteiger partial charge in [0.1, 0.15) is 0 Å². The Balaban J connectivity index is 2.00. The first kappa shape index (κ1) is 17.5. The van der Waals surface area contributed by atoms with Crippen LogP contribution in [0.4, 0.5) is 5.13 Å². The molecule has 5 nitrogen and oxygen atoms in total. The Labute approximate surface area is 143 Å². The monoisotopic (exact) mass is 377 g/mol. The summed E-state index contributed by atoms with van der Waals surface area (Å²) in [4.78, 5) is 0. The summed E-state index contributed by atoms with van der Waals surface area (Å²) in [5, 5.41) is 8.64. The minimum absolute atomic E-state index is 0.151. The summed E-state index contributed by atoms with van der Waals surface area (Å²) in [6.45, 7) is 4.23. The molecule has 2 aromatic rings. The maximum Gasteiger partial charge on any atom is 0.238 e. The molecule has 0 bridgehead atoms. The second kappa shape index (κ2) is 7.63. The lowest BCUT2D eigenvalue weighted by Gasteiger charge is -2.05. The summed E-state index contributed by atoms with van der Waals surface area (Å²) >= 11 is 8.67. The maximum absolute atomic E-state index is 12.1. The van der Waals surface area contributed by atoms with Crippen LogP contribution in [0.15, 0.2) is 28.6 Å². The Morgan fingerprint density at radius 3 is 2.82 bits per heavy atom. The number of nitrogens with zero attached hydrogens (tertiary/aromatic N) is 2. The molecule has 0 unspecified atom stereocenters. The SMILES string of the molecule is CC(C)CSc1nnc(NS(=O)(=O)Cc2cccc(Cl)c2)s1. The molecule has 0 radical (unpaired) electrons. The lowest BCUT2D eigenvalue weighted by Crippen LogP contribution is -2.14. The Morgan fingerprint density at radius 2 is 2.14 bits per heavy atom. The fourth-order valence-electron chi connectivity index (χ4n) is 1.56. The van der Waals surface area contributed by atoms with Crippen LogP contribution in [0.5, 0.6) is 0 Å². The minimum atomic E-state index is -3.53. The summed E-state index contributed by atoms with van der Waals surface area (Å²) < 4.78 is 27.5. The van der Waals surface area contributed by atoms with Crippen molar-refractivity contribution in [2.75, 3.05) is 10.5 Å². The molecule has 0 saturated carbocycles. The summed E-state index contributed by atoms with van der Waals surface area (Å²) in [5.74, 6) is 1.31. The molecule has 1 N–H and O–H groups in total. The van der Waals surface area contributed by atoms with Gasteiger partial charge in [-0.05, 0) is 23.6 Å². The molecule has 0 saturated heterocycles. The van der Waals surface area contributed by atoms with Gasteiger partial charge in [-0.15, -0.1) is 10.2 Å². The van der Waals surface area contributed by atoms with Crippen LogP contribution in [0.25, 0.3) is 0 Å². The lowest BCUT2D eigenvalue weighted by atomic mass is 10.2. The Hall–Kier alpha value is -0.830. The van der Waals surface area contributed by atoms with Crippen LogP contribution in [-0.2, 0) is 15.8 Å². The largest absolute Gasteiger partial charge is 0.257 e. The Kier molecular flexibility index (Phi) is 6.08. The van der Waals surface area contributed by atoms with E-state index in [2.05, 4.69) is 28.8 Å². The summed E-state index contributed by atoms with van der Waals surface area (Å²) in [6.07, 6.45) is 0. The number of aromatic nitrogens is 2. The molecule has 0 spiro atoms. The van der Waals surface area contributed by atoms with Crippen LogP contribution in [-0.4, -0.2) is 24.4 Å². The summed E-state index contributed by atoms with van der Waals surface area (Å²) in [6, 6.07) is 6.77. The van der Waals surface area contributed by atoms with Gasteiger partial charge in [-0.25, -0.2) is 8.42 Å². The van der Waals surface area contributed by atoms with Gasteiger partial charge in [-0.2, -0.15) is 0 Å². The first-order valence-electron chi connectivity index (χ1n) is 6.55. The van der Waals surface area contributed by atoms with Crippen molar-refractivity contribution in [1.29, 1.82) is 0 Å². The van der Waals surface area contributed by atoms with Crippen molar-refractivity contribution in [3.05, 3.63) is 34.9 Å². The first-order chi connectivity index (χ1) is 10.3. The summed E-state index contributed by atoms with van der Waals surface area (Å²) in [7, 11) is -3.53. The van der Waals surface area contributed by atoms with Crippen molar-refractivity contribution in [2.45, 2.75) is 23.9 Å². The van der Waals surface area contributed by atoms with Gasteiger partial charge in [0, 0.05) is 10.8 Å². The van der Waals surface area contributed by atoms with E-state index in [9.17, 15) is 8.42 Å². The van der Waals surface area contributed by atoms with Crippen LogP contribution < -0.4 is 4.72 Å². The molecule has 0 fully saturated rings. The minimum Gasteiger partial charge on any atom is -0.257 e. The normalized spacial score (nSPS) is 11.8. The summed E-state index contributed by atoms with van der Waals surface area (Å²) in [5.41, 5.74) is 0.624. The van der Waals surface area contributed by atoms with Gasteiger partial charge in [-0.3, -0.25) is 4.72 Å². The highest BCUT2D eigenvalue weighted by molar-refractivity contribution is 8.01. The second-order valence-corrected chi connectivity index (χ2v) is 9.47.